The second-order valence-corrected chi connectivity index (χ2v) is 5.44. The fourth-order valence-electron chi connectivity index (χ4n) is 2.10. The number of aryl methyl sites for hydroxylation is 2. The number of hydrogen-bond donors (Lipinski definition) is 1. The minimum Gasteiger partial charge on any atom is -0.344 e. The van der Waals surface area contributed by atoms with Crippen molar-refractivity contribution >= 4 is 39.6 Å². The third-order valence-corrected chi connectivity index (χ3v) is 3.71. The number of halogens is 1. The van der Waals surface area contributed by atoms with E-state index in [4.69, 9.17) is 11.6 Å². The molecule has 0 fully saturated rings. The van der Waals surface area contributed by atoms with Gasteiger partial charge >= 0.3 is 11.4 Å². The summed E-state index contributed by atoms with van der Waals surface area (Å²) in [5.74, 6) is 0. The van der Waals surface area contributed by atoms with Gasteiger partial charge in [0.25, 0.3) is 5.24 Å². The maximum Gasteiger partial charge on any atom is 0.300 e. The average Bonchev–Trinajstić information content (AvgIpc) is 2.50. The molecule has 0 bridgehead atoms. The summed E-state index contributed by atoms with van der Waals surface area (Å²) in [7, 11) is 0. The van der Waals surface area contributed by atoms with Crippen LogP contribution < -0.4 is 5.32 Å². The third-order valence-electron chi connectivity index (χ3n) is 3.49. The SMILES string of the molecule is Cc1ccc(Nc2c([N+](=O)[O-])cc(C(=O)Cl)cc2[N+](=O)[O-])cc1C. The molecule has 0 heterocycles. The highest BCUT2D eigenvalue weighted by Crippen LogP contribution is 2.38. The van der Waals surface area contributed by atoms with Gasteiger partial charge in [-0.3, -0.25) is 25.0 Å². The molecule has 2 rings (SSSR count). The fourth-order valence-corrected chi connectivity index (χ4v) is 2.21. The van der Waals surface area contributed by atoms with Gasteiger partial charge in [0, 0.05) is 23.4 Å². The second-order valence-electron chi connectivity index (χ2n) is 5.10. The van der Waals surface area contributed by atoms with Crippen LogP contribution in [-0.2, 0) is 0 Å². The maximum absolute atomic E-state index is 11.3. The summed E-state index contributed by atoms with van der Waals surface area (Å²) in [6, 6.07) is 6.96. The highest BCUT2D eigenvalue weighted by Gasteiger charge is 2.28. The molecule has 124 valence electrons. The van der Waals surface area contributed by atoms with Crippen LogP contribution in [0, 0.1) is 34.1 Å². The summed E-state index contributed by atoms with van der Waals surface area (Å²) in [5.41, 5.74) is 0.535. The van der Waals surface area contributed by atoms with E-state index in [1.807, 2.05) is 13.8 Å². The number of nitrogens with zero attached hydrogens (tertiary/aromatic N) is 2. The van der Waals surface area contributed by atoms with Crippen molar-refractivity contribution in [3.8, 4) is 0 Å². The summed E-state index contributed by atoms with van der Waals surface area (Å²) in [6.07, 6.45) is 0. The minimum absolute atomic E-state index is 0.310. The standard InChI is InChI=1S/C15H12ClN3O5/c1-8-3-4-11(5-9(8)2)17-14-12(18(21)22)6-10(15(16)20)7-13(14)19(23)24/h3-7,17H,1-2H3. The van der Waals surface area contributed by atoms with E-state index in [2.05, 4.69) is 5.32 Å². The third kappa shape index (κ3) is 3.49. The van der Waals surface area contributed by atoms with Crippen molar-refractivity contribution in [3.05, 3.63) is 67.3 Å². The van der Waals surface area contributed by atoms with Gasteiger partial charge in [-0.2, -0.15) is 0 Å². The molecule has 2 aromatic carbocycles. The molecule has 0 aliphatic heterocycles. The van der Waals surface area contributed by atoms with E-state index >= 15 is 0 Å². The first-order chi connectivity index (χ1) is 11.2. The average molecular weight is 350 g/mol. The molecule has 0 saturated carbocycles. The lowest BCUT2D eigenvalue weighted by Crippen LogP contribution is -2.04. The number of benzene rings is 2. The Labute approximate surface area is 141 Å². The van der Waals surface area contributed by atoms with E-state index in [1.54, 1.807) is 18.2 Å². The number of nitro benzene ring substituents is 2. The summed E-state index contributed by atoms with van der Waals surface area (Å²) in [5, 5.41) is 24.2. The lowest BCUT2D eigenvalue weighted by Gasteiger charge is -2.10. The molecule has 0 aromatic heterocycles. The topological polar surface area (TPSA) is 115 Å². The summed E-state index contributed by atoms with van der Waals surface area (Å²) in [6.45, 7) is 3.74. The van der Waals surface area contributed by atoms with Gasteiger partial charge < -0.3 is 5.32 Å². The van der Waals surface area contributed by atoms with E-state index in [9.17, 15) is 25.0 Å². The second kappa shape index (κ2) is 6.63. The molecule has 0 atom stereocenters. The van der Waals surface area contributed by atoms with Crippen molar-refractivity contribution in [1.29, 1.82) is 0 Å². The van der Waals surface area contributed by atoms with Crippen LogP contribution >= 0.6 is 11.6 Å². The van der Waals surface area contributed by atoms with Crippen LogP contribution in [0.3, 0.4) is 0 Å². The Bertz CT molecular complexity index is 831. The smallest absolute Gasteiger partial charge is 0.300 e. The molecule has 0 amide bonds. The quantitative estimate of drug-likeness (QED) is 0.490. The van der Waals surface area contributed by atoms with Crippen LogP contribution in [0.1, 0.15) is 21.5 Å². The predicted octanol–water partition coefficient (Wildman–Crippen LogP) is 4.24. The number of carbonyl (C=O) groups excluding carboxylic acids is 1. The zero-order valence-electron chi connectivity index (χ0n) is 12.7. The van der Waals surface area contributed by atoms with Crippen LogP contribution in [0.25, 0.3) is 0 Å². The van der Waals surface area contributed by atoms with Crippen molar-refractivity contribution in [1.82, 2.24) is 0 Å². The van der Waals surface area contributed by atoms with Gasteiger partial charge in [-0.05, 0) is 48.7 Å². The van der Waals surface area contributed by atoms with Gasteiger partial charge in [-0.25, -0.2) is 0 Å². The van der Waals surface area contributed by atoms with E-state index in [-0.39, 0.29) is 11.3 Å². The van der Waals surface area contributed by atoms with Crippen molar-refractivity contribution in [2.24, 2.45) is 0 Å². The predicted molar refractivity (Wildman–Crippen MR) is 89.1 cm³/mol. The number of rotatable bonds is 5. The highest BCUT2D eigenvalue weighted by molar-refractivity contribution is 6.67. The van der Waals surface area contributed by atoms with Gasteiger partial charge in [-0.15, -0.1) is 0 Å². The Morgan fingerprint density at radius 3 is 1.96 bits per heavy atom. The molecule has 24 heavy (non-hydrogen) atoms. The number of hydrogen-bond acceptors (Lipinski definition) is 6. The Morgan fingerprint density at radius 2 is 1.54 bits per heavy atom. The van der Waals surface area contributed by atoms with Crippen LogP contribution in [0.15, 0.2) is 30.3 Å². The first kappa shape index (κ1) is 17.4. The number of anilines is 2. The molecule has 8 nitrogen and oxygen atoms in total. The van der Waals surface area contributed by atoms with Crippen LogP contribution in [0.4, 0.5) is 22.7 Å². The normalized spacial score (nSPS) is 10.3. The van der Waals surface area contributed by atoms with E-state index < -0.39 is 26.5 Å². The first-order valence-electron chi connectivity index (χ1n) is 6.71. The summed E-state index contributed by atoms with van der Waals surface area (Å²) in [4.78, 5) is 32.2. The molecule has 2 aromatic rings. The van der Waals surface area contributed by atoms with E-state index in [0.29, 0.717) is 5.69 Å². The molecule has 0 aliphatic rings. The lowest BCUT2D eigenvalue weighted by molar-refractivity contribution is -0.392. The molecule has 0 spiro atoms. The Kier molecular flexibility index (Phi) is 4.79. The number of nitro groups is 2. The molecule has 9 heteroatoms. The minimum atomic E-state index is -1.01. The maximum atomic E-state index is 11.3. The lowest BCUT2D eigenvalue weighted by atomic mass is 10.1. The van der Waals surface area contributed by atoms with E-state index in [0.717, 1.165) is 23.3 Å². The van der Waals surface area contributed by atoms with Crippen LogP contribution in [0.5, 0.6) is 0 Å². The largest absolute Gasteiger partial charge is 0.344 e. The van der Waals surface area contributed by atoms with Crippen LogP contribution in [-0.4, -0.2) is 15.1 Å². The number of carbonyl (C=O) groups is 1. The Hall–Kier alpha value is -3.00. The van der Waals surface area contributed by atoms with Gasteiger partial charge in [0.15, 0.2) is 5.69 Å². The van der Waals surface area contributed by atoms with Crippen molar-refractivity contribution in [2.75, 3.05) is 5.32 Å². The zero-order chi connectivity index (χ0) is 18.0. The zero-order valence-corrected chi connectivity index (χ0v) is 13.5. The Balaban J connectivity index is 2.65. The fraction of sp³-hybridized carbons (Fsp3) is 0.133. The molecular formula is C15H12ClN3O5. The molecule has 0 unspecified atom stereocenters. The summed E-state index contributed by atoms with van der Waals surface area (Å²) >= 11 is 5.30. The van der Waals surface area contributed by atoms with Crippen LogP contribution in [0.2, 0.25) is 0 Å². The molecule has 0 aliphatic carbocycles. The number of nitrogens with one attached hydrogen (secondary N) is 1. The Morgan fingerprint density at radius 1 is 1.00 bits per heavy atom. The molecule has 1 N–H and O–H groups in total. The van der Waals surface area contributed by atoms with Crippen molar-refractivity contribution in [3.63, 3.8) is 0 Å². The highest BCUT2D eigenvalue weighted by atomic mass is 35.5. The van der Waals surface area contributed by atoms with Crippen molar-refractivity contribution in [2.45, 2.75) is 13.8 Å². The first-order valence-corrected chi connectivity index (χ1v) is 7.09. The molecule has 0 radical (unpaired) electrons. The monoisotopic (exact) mass is 349 g/mol. The van der Waals surface area contributed by atoms with E-state index in [1.165, 1.54) is 0 Å². The van der Waals surface area contributed by atoms with Gasteiger partial charge in [-0.1, -0.05) is 6.07 Å². The van der Waals surface area contributed by atoms with Gasteiger partial charge in [0.1, 0.15) is 0 Å². The van der Waals surface area contributed by atoms with Gasteiger partial charge in [0.05, 0.1) is 9.85 Å². The summed E-state index contributed by atoms with van der Waals surface area (Å²) < 4.78 is 0. The van der Waals surface area contributed by atoms with Gasteiger partial charge in [0.2, 0.25) is 0 Å². The van der Waals surface area contributed by atoms with Crippen molar-refractivity contribution < 1.29 is 14.6 Å². The molecule has 0 saturated heterocycles. The molecular weight excluding hydrogens is 338 g/mol.